The van der Waals surface area contributed by atoms with Crippen molar-refractivity contribution in [2.45, 2.75) is 51.5 Å². The number of benzene rings is 1. The molecule has 3 rings (SSSR count). The molecule has 2 aliphatic rings. The number of nitrogens with zero attached hydrogens (tertiary/aromatic N) is 2. The zero-order valence-corrected chi connectivity index (χ0v) is 15.3. The van der Waals surface area contributed by atoms with E-state index in [4.69, 9.17) is 0 Å². The molecule has 0 spiro atoms. The molecule has 0 radical (unpaired) electrons. The average Bonchev–Trinajstić information content (AvgIpc) is 2.55. The Kier molecular flexibility index (Phi) is 5.14. The average molecular weight is 329 g/mol. The standard InChI is InChI=1S/C20H31N3O/c1-20(2,3)17-8-4-5-9-18(17)23-13-11-22(12-14-23)15-16-7-6-10-19(24)21-16/h4-5,8-9,16H,6-7,10-15H2,1-3H3,(H,21,24). The molecule has 2 fully saturated rings. The van der Waals surface area contributed by atoms with Crippen molar-refractivity contribution in [2.75, 3.05) is 37.6 Å². The van der Waals surface area contributed by atoms with Crippen molar-refractivity contribution in [3.8, 4) is 0 Å². The maximum Gasteiger partial charge on any atom is 0.220 e. The molecule has 1 unspecified atom stereocenters. The summed E-state index contributed by atoms with van der Waals surface area (Å²) < 4.78 is 0. The summed E-state index contributed by atoms with van der Waals surface area (Å²) in [4.78, 5) is 16.6. The molecule has 2 heterocycles. The highest BCUT2D eigenvalue weighted by molar-refractivity contribution is 5.76. The predicted octanol–water partition coefficient (Wildman–Crippen LogP) is 2.77. The minimum atomic E-state index is 0.167. The van der Waals surface area contributed by atoms with E-state index in [0.717, 1.165) is 45.6 Å². The molecule has 4 heteroatoms. The first-order valence-electron chi connectivity index (χ1n) is 9.29. The molecule has 1 atom stereocenters. The summed E-state index contributed by atoms with van der Waals surface area (Å²) in [7, 11) is 0. The lowest BCUT2D eigenvalue weighted by molar-refractivity contribution is -0.123. The summed E-state index contributed by atoms with van der Waals surface area (Å²) in [6.45, 7) is 12.1. The number of para-hydroxylation sites is 1. The molecule has 0 aliphatic carbocycles. The topological polar surface area (TPSA) is 35.6 Å². The van der Waals surface area contributed by atoms with Crippen LogP contribution in [0, 0.1) is 0 Å². The fourth-order valence-corrected chi connectivity index (χ4v) is 3.88. The first-order valence-corrected chi connectivity index (χ1v) is 9.29. The molecule has 0 bridgehead atoms. The highest BCUT2D eigenvalue weighted by Crippen LogP contribution is 2.32. The molecule has 1 aromatic carbocycles. The number of anilines is 1. The summed E-state index contributed by atoms with van der Waals surface area (Å²) in [6.07, 6.45) is 2.86. The second-order valence-electron chi connectivity index (χ2n) is 8.21. The van der Waals surface area contributed by atoms with Gasteiger partial charge in [0.2, 0.25) is 5.91 Å². The fraction of sp³-hybridized carbons (Fsp3) is 0.650. The van der Waals surface area contributed by atoms with Crippen molar-refractivity contribution in [3.63, 3.8) is 0 Å². The number of rotatable bonds is 3. The smallest absolute Gasteiger partial charge is 0.220 e. The molecule has 2 aliphatic heterocycles. The van der Waals surface area contributed by atoms with Crippen LogP contribution >= 0.6 is 0 Å². The maximum absolute atomic E-state index is 11.5. The molecule has 132 valence electrons. The van der Waals surface area contributed by atoms with E-state index in [1.54, 1.807) is 0 Å². The highest BCUT2D eigenvalue weighted by Gasteiger charge is 2.26. The Bertz CT molecular complexity index is 570. The van der Waals surface area contributed by atoms with E-state index >= 15 is 0 Å². The minimum Gasteiger partial charge on any atom is -0.369 e. The third-order valence-electron chi connectivity index (χ3n) is 5.23. The van der Waals surface area contributed by atoms with E-state index in [-0.39, 0.29) is 11.3 Å². The molecule has 1 amide bonds. The predicted molar refractivity (Wildman–Crippen MR) is 99.6 cm³/mol. The number of carbonyl (C=O) groups is 1. The van der Waals surface area contributed by atoms with Gasteiger partial charge in [-0.3, -0.25) is 9.69 Å². The lowest BCUT2D eigenvalue weighted by atomic mass is 9.85. The van der Waals surface area contributed by atoms with Gasteiger partial charge in [-0.2, -0.15) is 0 Å². The van der Waals surface area contributed by atoms with Gasteiger partial charge in [-0.05, 0) is 29.9 Å². The minimum absolute atomic E-state index is 0.167. The lowest BCUT2D eigenvalue weighted by Crippen LogP contribution is -2.52. The largest absolute Gasteiger partial charge is 0.369 e. The van der Waals surface area contributed by atoms with Crippen molar-refractivity contribution in [1.29, 1.82) is 0 Å². The van der Waals surface area contributed by atoms with Gasteiger partial charge in [0, 0.05) is 50.9 Å². The van der Waals surface area contributed by atoms with Crippen LogP contribution in [0.4, 0.5) is 5.69 Å². The maximum atomic E-state index is 11.5. The third kappa shape index (κ3) is 4.10. The second kappa shape index (κ2) is 7.14. The monoisotopic (exact) mass is 329 g/mol. The van der Waals surface area contributed by atoms with Gasteiger partial charge < -0.3 is 10.2 Å². The third-order valence-corrected chi connectivity index (χ3v) is 5.23. The summed E-state index contributed by atoms with van der Waals surface area (Å²) >= 11 is 0. The van der Waals surface area contributed by atoms with Crippen molar-refractivity contribution >= 4 is 11.6 Å². The Morgan fingerprint density at radius 3 is 2.50 bits per heavy atom. The van der Waals surface area contributed by atoms with Gasteiger partial charge in [-0.1, -0.05) is 39.0 Å². The van der Waals surface area contributed by atoms with E-state index in [9.17, 15) is 4.79 Å². The first-order chi connectivity index (χ1) is 11.4. The van der Waals surface area contributed by atoms with Crippen LogP contribution in [0.15, 0.2) is 24.3 Å². The Labute approximate surface area is 146 Å². The zero-order valence-electron chi connectivity index (χ0n) is 15.3. The van der Waals surface area contributed by atoms with E-state index in [0.29, 0.717) is 12.5 Å². The molecule has 1 aromatic rings. The number of carbonyl (C=O) groups excluding carboxylic acids is 1. The molecule has 0 saturated carbocycles. The van der Waals surface area contributed by atoms with Crippen molar-refractivity contribution in [2.24, 2.45) is 0 Å². The van der Waals surface area contributed by atoms with Crippen LogP contribution in [0.25, 0.3) is 0 Å². The van der Waals surface area contributed by atoms with E-state index in [2.05, 4.69) is 60.2 Å². The summed E-state index contributed by atoms with van der Waals surface area (Å²) in [5, 5.41) is 3.14. The van der Waals surface area contributed by atoms with Crippen LogP contribution in [0.5, 0.6) is 0 Å². The van der Waals surface area contributed by atoms with E-state index in [1.165, 1.54) is 11.3 Å². The van der Waals surface area contributed by atoms with Crippen LogP contribution < -0.4 is 10.2 Å². The second-order valence-corrected chi connectivity index (χ2v) is 8.21. The SMILES string of the molecule is CC(C)(C)c1ccccc1N1CCN(CC2CCCC(=O)N2)CC1. The van der Waals surface area contributed by atoms with Crippen molar-refractivity contribution in [3.05, 3.63) is 29.8 Å². The first kappa shape index (κ1) is 17.3. The van der Waals surface area contributed by atoms with E-state index in [1.807, 2.05) is 0 Å². The van der Waals surface area contributed by atoms with Gasteiger partial charge >= 0.3 is 0 Å². The number of amides is 1. The van der Waals surface area contributed by atoms with Gasteiger partial charge in [-0.25, -0.2) is 0 Å². The highest BCUT2D eigenvalue weighted by atomic mass is 16.1. The molecule has 2 saturated heterocycles. The Morgan fingerprint density at radius 2 is 1.83 bits per heavy atom. The van der Waals surface area contributed by atoms with Gasteiger partial charge in [0.15, 0.2) is 0 Å². The normalized spacial score (nSPS) is 23.2. The number of piperazine rings is 1. The van der Waals surface area contributed by atoms with Crippen LogP contribution in [0.3, 0.4) is 0 Å². The number of hydrogen-bond acceptors (Lipinski definition) is 3. The molecular weight excluding hydrogens is 298 g/mol. The Morgan fingerprint density at radius 1 is 1.12 bits per heavy atom. The molecular formula is C20H31N3O. The van der Waals surface area contributed by atoms with Gasteiger partial charge in [0.25, 0.3) is 0 Å². The van der Waals surface area contributed by atoms with Crippen LogP contribution in [-0.4, -0.2) is 49.6 Å². The van der Waals surface area contributed by atoms with Gasteiger partial charge in [0.1, 0.15) is 0 Å². The van der Waals surface area contributed by atoms with Gasteiger partial charge in [0.05, 0.1) is 0 Å². The molecule has 1 N–H and O–H groups in total. The number of hydrogen-bond donors (Lipinski definition) is 1. The molecule has 0 aromatic heterocycles. The van der Waals surface area contributed by atoms with Crippen molar-refractivity contribution < 1.29 is 4.79 Å². The van der Waals surface area contributed by atoms with Crippen LogP contribution in [-0.2, 0) is 10.2 Å². The van der Waals surface area contributed by atoms with Gasteiger partial charge in [-0.15, -0.1) is 0 Å². The molecule has 4 nitrogen and oxygen atoms in total. The van der Waals surface area contributed by atoms with Crippen molar-refractivity contribution in [1.82, 2.24) is 10.2 Å². The number of piperidine rings is 1. The Balaban J connectivity index is 1.59. The van der Waals surface area contributed by atoms with Crippen LogP contribution in [0.1, 0.15) is 45.6 Å². The summed E-state index contributed by atoms with van der Waals surface area (Å²) in [6, 6.07) is 9.16. The fourth-order valence-electron chi connectivity index (χ4n) is 3.88. The summed E-state index contributed by atoms with van der Waals surface area (Å²) in [5.74, 6) is 0.226. The zero-order chi connectivity index (χ0) is 17.2. The van der Waals surface area contributed by atoms with Crippen LogP contribution in [0.2, 0.25) is 0 Å². The lowest BCUT2D eigenvalue weighted by Gasteiger charge is -2.40. The number of nitrogens with one attached hydrogen (secondary N) is 1. The molecule has 24 heavy (non-hydrogen) atoms. The van der Waals surface area contributed by atoms with E-state index < -0.39 is 0 Å². The quantitative estimate of drug-likeness (QED) is 0.926. The Hall–Kier alpha value is -1.55. The summed E-state index contributed by atoms with van der Waals surface area (Å²) in [5.41, 5.74) is 2.98.